The molecule has 0 unspecified atom stereocenters. The maximum atomic E-state index is 13.1. The van der Waals surface area contributed by atoms with Gasteiger partial charge >= 0.3 is 0 Å². The van der Waals surface area contributed by atoms with E-state index in [1.54, 1.807) is 0 Å². The fraction of sp³-hybridized carbons (Fsp3) is 0.0741. The molecule has 3 aromatic carbocycles. The number of halogens is 2. The fourth-order valence-corrected chi connectivity index (χ4v) is 4.81. The Bertz CT molecular complexity index is 1550. The van der Waals surface area contributed by atoms with Gasteiger partial charge in [0.15, 0.2) is 11.6 Å². The maximum Gasteiger partial charge on any atom is 0.245 e. The van der Waals surface area contributed by atoms with Crippen molar-refractivity contribution in [2.45, 2.75) is 6.42 Å². The van der Waals surface area contributed by atoms with E-state index in [1.807, 2.05) is 71.3 Å². The number of nitrogens with zero attached hydrogens (tertiary/aromatic N) is 2. The van der Waals surface area contributed by atoms with E-state index in [1.165, 1.54) is 12.1 Å². The predicted molar refractivity (Wildman–Crippen MR) is 131 cm³/mol. The van der Waals surface area contributed by atoms with Crippen molar-refractivity contribution in [1.29, 1.82) is 0 Å². The second-order valence-corrected chi connectivity index (χ2v) is 8.98. The molecule has 6 rings (SSSR count). The number of carbonyl (C=O) groups excluding carboxylic acids is 2. The van der Waals surface area contributed by atoms with Crippen molar-refractivity contribution in [3.8, 4) is 17.0 Å². The van der Waals surface area contributed by atoms with Crippen LogP contribution in [0.3, 0.4) is 0 Å². The number of fused-ring (bicyclic) bond motifs is 2. The van der Waals surface area contributed by atoms with Crippen molar-refractivity contribution in [3.63, 3.8) is 0 Å². The van der Waals surface area contributed by atoms with Gasteiger partial charge in [-0.15, -0.1) is 0 Å². The number of furan rings is 1. The first-order valence-electron chi connectivity index (χ1n) is 10.7. The fourth-order valence-electron chi connectivity index (χ4n) is 4.48. The third kappa shape index (κ3) is 3.28. The van der Waals surface area contributed by atoms with Gasteiger partial charge in [-0.3, -0.25) is 14.2 Å². The van der Waals surface area contributed by atoms with Gasteiger partial charge in [0.25, 0.3) is 0 Å². The lowest BCUT2D eigenvalue weighted by Gasteiger charge is -2.11. The number of benzene rings is 3. The van der Waals surface area contributed by atoms with Gasteiger partial charge < -0.3 is 4.42 Å². The van der Waals surface area contributed by atoms with E-state index in [-0.39, 0.29) is 28.0 Å². The number of hydrogen-bond donors (Lipinski definition) is 0. The van der Waals surface area contributed by atoms with Crippen LogP contribution in [0.5, 0.6) is 0 Å². The summed E-state index contributed by atoms with van der Waals surface area (Å²) in [6.07, 6.45) is 0.126. The average Bonchev–Trinajstić information content (AvgIpc) is 3.47. The van der Waals surface area contributed by atoms with Crippen molar-refractivity contribution < 1.29 is 14.0 Å². The van der Waals surface area contributed by atoms with E-state index in [9.17, 15) is 9.59 Å². The van der Waals surface area contributed by atoms with Crippen LogP contribution in [0, 0.1) is 5.92 Å². The second kappa shape index (κ2) is 7.97. The highest BCUT2D eigenvalue weighted by Gasteiger charge is 2.40. The first-order valence-corrected chi connectivity index (χ1v) is 11.5. The number of Topliss-reactive ketones (excluding diaryl/α,β-unsaturated/α-hetero) is 2. The molecule has 5 aromatic rings. The molecule has 0 aliphatic heterocycles. The molecule has 2 aromatic heterocycles. The SMILES string of the molecule is O=C1c2cc(Cl)c(Cl)cc2C(=O)C1Cc1nc2oc(-c3ccccc3)cc2n1-c1ccccc1. The van der Waals surface area contributed by atoms with E-state index in [2.05, 4.69) is 0 Å². The molecule has 0 atom stereocenters. The first-order chi connectivity index (χ1) is 16.5. The van der Waals surface area contributed by atoms with Crippen LogP contribution < -0.4 is 0 Å². The number of rotatable bonds is 4. The van der Waals surface area contributed by atoms with Crippen LogP contribution >= 0.6 is 23.2 Å². The van der Waals surface area contributed by atoms with Crippen molar-refractivity contribution >= 4 is 46.0 Å². The molecule has 5 nitrogen and oxygen atoms in total. The summed E-state index contributed by atoms with van der Waals surface area (Å²) in [5.41, 5.74) is 3.62. The summed E-state index contributed by atoms with van der Waals surface area (Å²) in [6.45, 7) is 0. The highest BCUT2D eigenvalue weighted by atomic mass is 35.5. The molecule has 7 heteroatoms. The summed E-state index contributed by atoms with van der Waals surface area (Å²) >= 11 is 12.2. The molecule has 0 fully saturated rings. The molecule has 1 aliphatic carbocycles. The van der Waals surface area contributed by atoms with Gasteiger partial charge in [0.05, 0.1) is 16.0 Å². The van der Waals surface area contributed by atoms with Gasteiger partial charge in [0, 0.05) is 34.9 Å². The van der Waals surface area contributed by atoms with Gasteiger partial charge in [0.1, 0.15) is 17.1 Å². The Morgan fingerprint density at radius 1 is 0.824 bits per heavy atom. The quantitative estimate of drug-likeness (QED) is 0.261. The number of ketones is 2. The van der Waals surface area contributed by atoms with Crippen LogP contribution in [0.25, 0.3) is 28.2 Å². The Labute approximate surface area is 204 Å². The Balaban J connectivity index is 1.45. The van der Waals surface area contributed by atoms with Gasteiger partial charge in [0.2, 0.25) is 5.71 Å². The Kier molecular flexibility index (Phi) is 4.90. The van der Waals surface area contributed by atoms with Gasteiger partial charge in [-0.05, 0) is 24.3 Å². The number of hydrogen-bond acceptors (Lipinski definition) is 4. The molecule has 0 bridgehead atoms. The van der Waals surface area contributed by atoms with Gasteiger partial charge in [-0.25, -0.2) is 0 Å². The average molecular weight is 487 g/mol. The van der Waals surface area contributed by atoms with Crippen molar-refractivity contribution in [3.05, 3.63) is 106 Å². The minimum absolute atomic E-state index is 0.126. The molecule has 34 heavy (non-hydrogen) atoms. The Morgan fingerprint density at radius 2 is 1.41 bits per heavy atom. The Morgan fingerprint density at radius 3 is 2.03 bits per heavy atom. The van der Waals surface area contributed by atoms with E-state index in [4.69, 9.17) is 32.6 Å². The van der Waals surface area contributed by atoms with Crippen molar-refractivity contribution in [2.24, 2.45) is 5.92 Å². The highest BCUT2D eigenvalue weighted by molar-refractivity contribution is 6.43. The third-order valence-electron chi connectivity index (χ3n) is 6.11. The predicted octanol–water partition coefficient (Wildman–Crippen LogP) is 6.83. The minimum Gasteiger partial charge on any atom is -0.436 e. The van der Waals surface area contributed by atoms with Crippen LogP contribution in [-0.4, -0.2) is 21.1 Å². The second-order valence-electron chi connectivity index (χ2n) is 8.16. The van der Waals surface area contributed by atoms with E-state index in [0.29, 0.717) is 28.4 Å². The summed E-state index contributed by atoms with van der Waals surface area (Å²) in [6, 6.07) is 24.3. The van der Waals surface area contributed by atoms with Crippen LogP contribution in [0.2, 0.25) is 10.0 Å². The molecule has 1 aliphatic rings. The van der Waals surface area contributed by atoms with Crippen LogP contribution in [0.4, 0.5) is 0 Å². The number of carbonyl (C=O) groups is 2. The van der Waals surface area contributed by atoms with E-state index >= 15 is 0 Å². The summed E-state index contributed by atoms with van der Waals surface area (Å²) in [5, 5.41) is 0.498. The van der Waals surface area contributed by atoms with Crippen LogP contribution in [0.15, 0.2) is 83.3 Å². The lowest BCUT2D eigenvalue weighted by molar-refractivity contribution is 0.0836. The molecule has 0 radical (unpaired) electrons. The lowest BCUT2D eigenvalue weighted by atomic mass is 9.99. The topological polar surface area (TPSA) is 65.1 Å². The summed E-state index contributed by atoms with van der Waals surface area (Å²) in [5.74, 6) is -0.187. The molecular formula is C27H16Cl2N2O3. The molecular weight excluding hydrogens is 471 g/mol. The number of aromatic nitrogens is 2. The van der Waals surface area contributed by atoms with Gasteiger partial charge in [-0.2, -0.15) is 4.98 Å². The zero-order valence-corrected chi connectivity index (χ0v) is 19.2. The molecule has 0 amide bonds. The minimum atomic E-state index is -0.896. The molecule has 2 heterocycles. The first kappa shape index (κ1) is 20.9. The standard InChI is InChI=1S/C27H16Cl2N2O3/c28-20-11-17-18(12-21(20)29)26(33)19(25(17)32)13-24-30-27-22(31(24)16-9-5-2-6-10-16)14-23(34-27)15-7-3-1-4-8-15/h1-12,14,19H,13H2. The van der Waals surface area contributed by atoms with Crippen LogP contribution in [0.1, 0.15) is 26.5 Å². The van der Waals surface area contributed by atoms with Crippen molar-refractivity contribution in [1.82, 2.24) is 9.55 Å². The number of para-hydroxylation sites is 1. The normalized spacial score (nSPS) is 13.7. The summed E-state index contributed by atoms with van der Waals surface area (Å²) < 4.78 is 8.01. The molecule has 0 N–H and O–H groups in total. The monoisotopic (exact) mass is 486 g/mol. The smallest absolute Gasteiger partial charge is 0.245 e. The molecule has 0 saturated carbocycles. The zero-order chi connectivity index (χ0) is 23.4. The molecule has 0 saturated heterocycles. The number of imidazole rings is 1. The van der Waals surface area contributed by atoms with Gasteiger partial charge in [-0.1, -0.05) is 71.7 Å². The van der Waals surface area contributed by atoms with E-state index < -0.39 is 5.92 Å². The Hall–Kier alpha value is -3.67. The highest BCUT2D eigenvalue weighted by Crippen LogP contribution is 2.36. The van der Waals surface area contributed by atoms with E-state index in [0.717, 1.165) is 16.8 Å². The zero-order valence-electron chi connectivity index (χ0n) is 17.7. The summed E-state index contributed by atoms with van der Waals surface area (Å²) in [7, 11) is 0. The lowest BCUT2D eigenvalue weighted by Crippen LogP contribution is -2.20. The van der Waals surface area contributed by atoms with Crippen LogP contribution in [-0.2, 0) is 6.42 Å². The largest absolute Gasteiger partial charge is 0.436 e. The summed E-state index contributed by atoms with van der Waals surface area (Å²) in [4.78, 5) is 31.0. The molecule has 166 valence electrons. The molecule has 0 spiro atoms. The van der Waals surface area contributed by atoms with Crippen molar-refractivity contribution in [2.75, 3.05) is 0 Å². The third-order valence-corrected chi connectivity index (χ3v) is 6.83. The maximum absolute atomic E-state index is 13.1.